The van der Waals surface area contributed by atoms with E-state index in [0.717, 1.165) is 12.8 Å². The minimum atomic E-state index is -0.408. The number of aliphatic hydroxyl groups is 1. The summed E-state index contributed by atoms with van der Waals surface area (Å²) < 4.78 is 5.77. The van der Waals surface area contributed by atoms with Gasteiger partial charge in [-0.15, -0.1) is 0 Å². The Morgan fingerprint density at radius 3 is 2.69 bits per heavy atom. The largest absolute Gasteiger partial charge is 0.391 e. The number of hydrogen-bond acceptors (Lipinski definition) is 3. The van der Waals surface area contributed by atoms with Gasteiger partial charge < -0.3 is 15.6 Å². The molecule has 1 fully saturated rings. The smallest absolute Gasteiger partial charge is 0.0720 e. The summed E-state index contributed by atoms with van der Waals surface area (Å²) in [6.45, 7) is 0.619. The highest BCUT2D eigenvalue weighted by Gasteiger charge is 2.26. The lowest BCUT2D eigenvalue weighted by molar-refractivity contribution is -0.0300. The Bertz CT molecular complexity index is 315. The summed E-state index contributed by atoms with van der Waals surface area (Å²) in [4.78, 5) is 0. The summed E-state index contributed by atoms with van der Waals surface area (Å²) in [6.07, 6.45) is 2.20. The fourth-order valence-corrected chi connectivity index (χ4v) is 2.07. The molecule has 1 aliphatic rings. The van der Waals surface area contributed by atoms with Gasteiger partial charge in [0, 0.05) is 12.5 Å². The number of nitrogens with two attached hydrogens (primary N) is 1. The van der Waals surface area contributed by atoms with Crippen molar-refractivity contribution in [3.63, 3.8) is 0 Å². The predicted molar refractivity (Wildman–Crippen MR) is 62.9 cm³/mol. The fourth-order valence-electron chi connectivity index (χ4n) is 2.07. The van der Waals surface area contributed by atoms with Gasteiger partial charge in [0.25, 0.3) is 0 Å². The van der Waals surface area contributed by atoms with Crippen LogP contribution in [0, 0.1) is 0 Å². The lowest BCUT2D eigenvalue weighted by Crippen LogP contribution is -2.42. The van der Waals surface area contributed by atoms with E-state index in [9.17, 15) is 5.11 Å². The Labute approximate surface area is 96.2 Å². The molecule has 3 atom stereocenters. The van der Waals surface area contributed by atoms with Crippen molar-refractivity contribution in [1.82, 2.24) is 0 Å². The molecule has 3 heteroatoms. The lowest BCUT2D eigenvalue weighted by atomic mass is 9.91. The van der Waals surface area contributed by atoms with E-state index in [1.807, 2.05) is 30.3 Å². The molecule has 0 aromatic heterocycles. The van der Waals surface area contributed by atoms with Crippen LogP contribution in [-0.4, -0.2) is 23.4 Å². The SMILES string of the molecule is N[C@@H]1CC[C@@H](OCc2ccccc2)C[C@H]1O. The van der Waals surface area contributed by atoms with Crippen LogP contribution in [-0.2, 0) is 11.3 Å². The predicted octanol–water partition coefficient (Wildman–Crippen LogP) is 1.44. The maximum absolute atomic E-state index is 9.64. The average molecular weight is 221 g/mol. The van der Waals surface area contributed by atoms with E-state index in [0.29, 0.717) is 13.0 Å². The molecular weight excluding hydrogens is 202 g/mol. The van der Waals surface area contributed by atoms with Crippen LogP contribution >= 0.6 is 0 Å². The second-order valence-corrected chi connectivity index (χ2v) is 4.46. The molecule has 3 nitrogen and oxygen atoms in total. The highest BCUT2D eigenvalue weighted by Crippen LogP contribution is 2.21. The lowest BCUT2D eigenvalue weighted by Gasteiger charge is -2.30. The Hall–Kier alpha value is -0.900. The molecule has 16 heavy (non-hydrogen) atoms. The van der Waals surface area contributed by atoms with Crippen LogP contribution in [0.15, 0.2) is 30.3 Å². The maximum atomic E-state index is 9.64. The fraction of sp³-hybridized carbons (Fsp3) is 0.538. The van der Waals surface area contributed by atoms with Crippen LogP contribution in [0.2, 0.25) is 0 Å². The molecule has 0 spiro atoms. The first-order valence-corrected chi connectivity index (χ1v) is 5.85. The third kappa shape index (κ3) is 3.04. The monoisotopic (exact) mass is 221 g/mol. The van der Waals surface area contributed by atoms with Gasteiger partial charge in [-0.3, -0.25) is 0 Å². The highest BCUT2D eigenvalue weighted by atomic mass is 16.5. The minimum Gasteiger partial charge on any atom is -0.391 e. The Kier molecular flexibility index (Phi) is 3.93. The molecule has 0 radical (unpaired) electrons. The van der Waals surface area contributed by atoms with Crippen LogP contribution in [0.25, 0.3) is 0 Å². The molecule has 0 unspecified atom stereocenters. The first-order valence-electron chi connectivity index (χ1n) is 5.85. The summed E-state index contributed by atoms with van der Waals surface area (Å²) in [5, 5.41) is 9.64. The zero-order valence-electron chi connectivity index (χ0n) is 9.38. The van der Waals surface area contributed by atoms with Gasteiger partial charge in [0.1, 0.15) is 0 Å². The second-order valence-electron chi connectivity index (χ2n) is 4.46. The normalized spacial score (nSPS) is 30.2. The molecule has 2 rings (SSSR count). The van der Waals surface area contributed by atoms with Gasteiger partial charge in [-0.25, -0.2) is 0 Å². The van der Waals surface area contributed by atoms with E-state index in [2.05, 4.69) is 0 Å². The van der Waals surface area contributed by atoms with E-state index in [4.69, 9.17) is 10.5 Å². The first-order chi connectivity index (χ1) is 7.75. The summed E-state index contributed by atoms with van der Waals surface area (Å²) in [5.74, 6) is 0. The van der Waals surface area contributed by atoms with Gasteiger partial charge in [-0.05, 0) is 18.4 Å². The molecule has 3 N–H and O–H groups in total. The topological polar surface area (TPSA) is 55.5 Å². The number of rotatable bonds is 3. The standard InChI is InChI=1S/C13H19NO2/c14-12-7-6-11(8-13(12)15)16-9-10-4-2-1-3-5-10/h1-5,11-13,15H,6-9,14H2/t11-,12-,13-/m1/s1. The van der Waals surface area contributed by atoms with E-state index in [-0.39, 0.29) is 12.1 Å². The Morgan fingerprint density at radius 2 is 2.00 bits per heavy atom. The van der Waals surface area contributed by atoms with Crippen LogP contribution < -0.4 is 5.73 Å². The molecule has 0 saturated heterocycles. The van der Waals surface area contributed by atoms with Crippen LogP contribution in [0.3, 0.4) is 0 Å². The zero-order chi connectivity index (χ0) is 11.4. The van der Waals surface area contributed by atoms with Gasteiger partial charge >= 0.3 is 0 Å². The maximum Gasteiger partial charge on any atom is 0.0720 e. The molecule has 1 aliphatic carbocycles. The summed E-state index contributed by atoms with van der Waals surface area (Å²) in [6, 6.07) is 10.0. The van der Waals surface area contributed by atoms with Crippen LogP contribution in [0.4, 0.5) is 0 Å². The Balaban J connectivity index is 1.79. The molecule has 0 bridgehead atoms. The van der Waals surface area contributed by atoms with Gasteiger partial charge in [0.05, 0.1) is 18.8 Å². The summed E-state index contributed by atoms with van der Waals surface area (Å²) in [7, 11) is 0. The molecule has 0 amide bonds. The van der Waals surface area contributed by atoms with Gasteiger partial charge in [-0.1, -0.05) is 30.3 Å². The van der Waals surface area contributed by atoms with E-state index in [1.54, 1.807) is 0 Å². The van der Waals surface area contributed by atoms with Crippen molar-refractivity contribution in [2.75, 3.05) is 0 Å². The van der Waals surface area contributed by atoms with Crippen molar-refractivity contribution >= 4 is 0 Å². The van der Waals surface area contributed by atoms with Crippen molar-refractivity contribution in [1.29, 1.82) is 0 Å². The van der Waals surface area contributed by atoms with Crippen molar-refractivity contribution in [3.05, 3.63) is 35.9 Å². The molecule has 88 valence electrons. The van der Waals surface area contributed by atoms with E-state index in [1.165, 1.54) is 5.56 Å². The molecule has 0 aliphatic heterocycles. The Morgan fingerprint density at radius 1 is 1.25 bits per heavy atom. The van der Waals surface area contributed by atoms with Crippen LogP contribution in [0.5, 0.6) is 0 Å². The van der Waals surface area contributed by atoms with Crippen molar-refractivity contribution in [2.45, 2.75) is 44.1 Å². The molecule has 0 heterocycles. The number of benzene rings is 1. The number of aliphatic hydroxyl groups excluding tert-OH is 1. The van der Waals surface area contributed by atoms with Crippen LogP contribution in [0.1, 0.15) is 24.8 Å². The molecular formula is C13H19NO2. The number of ether oxygens (including phenoxy) is 1. The first kappa shape index (κ1) is 11.6. The summed E-state index contributed by atoms with van der Waals surface area (Å²) >= 11 is 0. The van der Waals surface area contributed by atoms with Crippen molar-refractivity contribution < 1.29 is 9.84 Å². The quantitative estimate of drug-likeness (QED) is 0.812. The number of hydrogen-bond donors (Lipinski definition) is 2. The third-order valence-corrected chi connectivity index (χ3v) is 3.15. The minimum absolute atomic E-state index is 0.0726. The van der Waals surface area contributed by atoms with E-state index < -0.39 is 6.10 Å². The highest BCUT2D eigenvalue weighted by molar-refractivity contribution is 5.13. The average Bonchev–Trinajstić information content (AvgIpc) is 2.32. The van der Waals surface area contributed by atoms with Gasteiger partial charge in [-0.2, -0.15) is 0 Å². The van der Waals surface area contributed by atoms with Crippen molar-refractivity contribution in [3.8, 4) is 0 Å². The summed E-state index contributed by atoms with van der Waals surface area (Å²) in [5.41, 5.74) is 6.92. The van der Waals surface area contributed by atoms with E-state index >= 15 is 0 Å². The zero-order valence-corrected chi connectivity index (χ0v) is 9.38. The molecule has 1 aromatic carbocycles. The third-order valence-electron chi connectivity index (χ3n) is 3.15. The van der Waals surface area contributed by atoms with Crippen molar-refractivity contribution in [2.24, 2.45) is 5.73 Å². The second kappa shape index (κ2) is 5.43. The van der Waals surface area contributed by atoms with Gasteiger partial charge in [0.2, 0.25) is 0 Å². The van der Waals surface area contributed by atoms with Gasteiger partial charge in [0.15, 0.2) is 0 Å². The molecule has 1 saturated carbocycles. The molecule has 1 aromatic rings.